The van der Waals surface area contributed by atoms with E-state index in [2.05, 4.69) is 26.0 Å². The van der Waals surface area contributed by atoms with Crippen LogP contribution in [0.1, 0.15) is 142 Å². The molecular formula is C34H69NO7P+. The number of ether oxygens (including phenoxy) is 2. The third-order valence-electron chi connectivity index (χ3n) is 7.31. The van der Waals surface area contributed by atoms with Crippen molar-refractivity contribution in [2.24, 2.45) is 0 Å². The molecule has 256 valence electrons. The van der Waals surface area contributed by atoms with Crippen molar-refractivity contribution in [3.8, 4) is 0 Å². The minimum Gasteiger partial charge on any atom is -0.457 e. The number of allylic oxidation sites excluding steroid dienone is 2. The third-order valence-corrected chi connectivity index (χ3v) is 8.29. The van der Waals surface area contributed by atoms with Crippen LogP contribution in [0, 0.1) is 0 Å². The van der Waals surface area contributed by atoms with Gasteiger partial charge in [0, 0.05) is 13.0 Å². The van der Waals surface area contributed by atoms with Crippen LogP contribution in [0.15, 0.2) is 12.2 Å². The zero-order valence-electron chi connectivity index (χ0n) is 28.7. The van der Waals surface area contributed by atoms with Gasteiger partial charge >= 0.3 is 13.8 Å². The van der Waals surface area contributed by atoms with E-state index in [9.17, 15) is 14.3 Å². The number of carbonyl (C=O) groups excluding carboxylic acids is 1. The smallest absolute Gasteiger partial charge is 0.457 e. The molecular weight excluding hydrogens is 565 g/mol. The molecule has 0 spiro atoms. The highest BCUT2D eigenvalue weighted by molar-refractivity contribution is 7.47. The highest BCUT2D eigenvalue weighted by atomic mass is 31.2. The van der Waals surface area contributed by atoms with Gasteiger partial charge in [-0.3, -0.25) is 13.8 Å². The maximum atomic E-state index is 12.5. The zero-order chi connectivity index (χ0) is 32.1. The first kappa shape index (κ1) is 42.2. The summed E-state index contributed by atoms with van der Waals surface area (Å²) < 4.78 is 34.7. The Morgan fingerprint density at radius 3 is 1.86 bits per heavy atom. The number of nitrogens with zero attached hydrogens (tertiary/aromatic N) is 1. The molecule has 43 heavy (non-hydrogen) atoms. The normalized spacial score (nSPS) is 14.3. The summed E-state index contributed by atoms with van der Waals surface area (Å²) in [5, 5.41) is 0. The molecule has 0 aliphatic carbocycles. The van der Waals surface area contributed by atoms with Gasteiger partial charge in [-0.15, -0.1) is 0 Å². The van der Waals surface area contributed by atoms with Crippen molar-refractivity contribution in [3.05, 3.63) is 12.2 Å². The number of hydrogen-bond donors (Lipinski definition) is 1. The minimum absolute atomic E-state index is 0.0894. The number of phosphoric acid groups is 1. The largest absolute Gasteiger partial charge is 0.472 e. The summed E-state index contributed by atoms with van der Waals surface area (Å²) in [5.74, 6) is -0.326. The Labute approximate surface area is 265 Å². The summed E-state index contributed by atoms with van der Waals surface area (Å²) in [5.41, 5.74) is 0. The fourth-order valence-corrected chi connectivity index (χ4v) is 5.29. The van der Waals surface area contributed by atoms with Gasteiger partial charge in [-0.2, -0.15) is 0 Å². The topological polar surface area (TPSA) is 91.3 Å². The van der Waals surface area contributed by atoms with E-state index >= 15 is 0 Å². The lowest BCUT2D eigenvalue weighted by Gasteiger charge is -2.24. The summed E-state index contributed by atoms with van der Waals surface area (Å²) in [6.07, 6.45) is 26.6. The number of unbranched alkanes of at least 4 members (excludes halogenated alkanes) is 16. The number of likely N-dealkylation sites (N-methyl/N-ethyl adjacent to an activating group) is 1. The molecule has 0 aliphatic rings. The number of hydrogen-bond acceptors (Lipinski definition) is 6. The predicted octanol–water partition coefficient (Wildman–Crippen LogP) is 9.15. The molecule has 0 saturated carbocycles. The molecule has 0 aromatic heterocycles. The second-order valence-corrected chi connectivity index (χ2v) is 14.4. The number of phosphoric ester groups is 1. The Balaban J connectivity index is 4.35. The van der Waals surface area contributed by atoms with Crippen LogP contribution >= 0.6 is 7.82 Å². The molecule has 1 N–H and O–H groups in total. The minimum atomic E-state index is -4.26. The molecule has 0 radical (unpaired) electrons. The van der Waals surface area contributed by atoms with Crippen molar-refractivity contribution >= 4 is 13.8 Å². The highest BCUT2D eigenvalue weighted by Crippen LogP contribution is 2.43. The van der Waals surface area contributed by atoms with Crippen molar-refractivity contribution in [3.63, 3.8) is 0 Å². The molecule has 8 nitrogen and oxygen atoms in total. The molecule has 2 unspecified atom stereocenters. The fraction of sp³-hybridized carbons (Fsp3) is 0.912. The molecule has 0 aliphatic heterocycles. The first-order valence-corrected chi connectivity index (χ1v) is 18.9. The molecule has 0 heterocycles. The highest BCUT2D eigenvalue weighted by Gasteiger charge is 2.26. The molecule has 0 rings (SSSR count). The quantitative estimate of drug-likeness (QED) is 0.0259. The van der Waals surface area contributed by atoms with Gasteiger partial charge in [0.25, 0.3) is 0 Å². The van der Waals surface area contributed by atoms with E-state index < -0.39 is 13.9 Å². The Hall–Kier alpha value is -0.760. The summed E-state index contributed by atoms with van der Waals surface area (Å²) in [7, 11) is 1.66. The summed E-state index contributed by atoms with van der Waals surface area (Å²) in [6.45, 7) is 5.54. The zero-order valence-corrected chi connectivity index (χ0v) is 29.6. The Morgan fingerprint density at radius 2 is 1.26 bits per heavy atom. The number of esters is 1. The van der Waals surface area contributed by atoms with Gasteiger partial charge in [-0.05, 0) is 32.1 Å². The van der Waals surface area contributed by atoms with E-state index in [0.29, 0.717) is 24.1 Å². The molecule has 0 bridgehead atoms. The van der Waals surface area contributed by atoms with Crippen LogP contribution in [0.5, 0.6) is 0 Å². The van der Waals surface area contributed by atoms with Crippen molar-refractivity contribution in [2.75, 3.05) is 54.1 Å². The van der Waals surface area contributed by atoms with Gasteiger partial charge in [0.05, 0.1) is 34.4 Å². The average molecular weight is 635 g/mol. The number of rotatable bonds is 32. The summed E-state index contributed by atoms with van der Waals surface area (Å²) >= 11 is 0. The molecule has 2 atom stereocenters. The first-order chi connectivity index (χ1) is 20.6. The SMILES string of the molecule is CCC/C=C\CCCCCCCC(=O)OC(COCCCCCCCCCCCCC)COP(=O)(O)OCC[N+](C)(C)C. The van der Waals surface area contributed by atoms with Gasteiger partial charge in [0.2, 0.25) is 0 Å². The van der Waals surface area contributed by atoms with Gasteiger partial charge in [-0.25, -0.2) is 4.57 Å². The average Bonchev–Trinajstić information content (AvgIpc) is 2.94. The monoisotopic (exact) mass is 634 g/mol. The lowest BCUT2D eigenvalue weighted by molar-refractivity contribution is -0.870. The third kappa shape index (κ3) is 32.4. The Morgan fingerprint density at radius 1 is 0.698 bits per heavy atom. The van der Waals surface area contributed by atoms with Crippen molar-refractivity contribution in [1.82, 2.24) is 0 Å². The lowest BCUT2D eigenvalue weighted by atomic mass is 10.1. The Bertz CT molecular complexity index is 711. The number of quaternary nitrogens is 1. The standard InChI is InChI=1S/C34H68NO7P/c1-6-8-10-12-14-16-18-20-22-24-26-29-39-31-33(32-41-43(37,38)40-30-28-35(3,4)5)42-34(36)27-25-23-21-19-17-15-13-11-9-7-2/h11,13,33H,6-10,12,14-32H2,1-5H3/p+1/b13-11-. The molecule has 0 saturated heterocycles. The van der Waals surface area contributed by atoms with E-state index in [0.717, 1.165) is 51.4 Å². The lowest BCUT2D eigenvalue weighted by Crippen LogP contribution is -2.37. The van der Waals surface area contributed by atoms with Crippen molar-refractivity contribution in [2.45, 2.75) is 148 Å². The predicted molar refractivity (Wildman–Crippen MR) is 178 cm³/mol. The van der Waals surface area contributed by atoms with Crippen LogP contribution in [0.2, 0.25) is 0 Å². The maximum absolute atomic E-state index is 12.5. The second kappa shape index (κ2) is 28.7. The van der Waals surface area contributed by atoms with Crippen LogP contribution in [0.25, 0.3) is 0 Å². The first-order valence-electron chi connectivity index (χ1n) is 17.4. The molecule has 9 heteroatoms. The number of carbonyl (C=O) groups is 1. The van der Waals surface area contributed by atoms with Gasteiger partial charge in [-0.1, -0.05) is 116 Å². The van der Waals surface area contributed by atoms with Gasteiger partial charge in [0.1, 0.15) is 19.3 Å². The molecule has 0 fully saturated rings. The van der Waals surface area contributed by atoms with E-state index in [1.54, 1.807) is 0 Å². The second-order valence-electron chi connectivity index (χ2n) is 12.9. The maximum Gasteiger partial charge on any atom is 0.472 e. The molecule has 0 aromatic rings. The van der Waals surface area contributed by atoms with Crippen LogP contribution in [-0.4, -0.2) is 75.6 Å². The summed E-state index contributed by atoms with van der Waals surface area (Å²) in [6, 6.07) is 0. The Kier molecular flexibility index (Phi) is 28.2. The summed E-state index contributed by atoms with van der Waals surface area (Å²) in [4.78, 5) is 22.6. The molecule has 0 aromatic carbocycles. The van der Waals surface area contributed by atoms with E-state index in [1.165, 1.54) is 70.6 Å². The van der Waals surface area contributed by atoms with Crippen LogP contribution in [0.4, 0.5) is 0 Å². The van der Waals surface area contributed by atoms with Crippen LogP contribution in [-0.2, 0) is 27.9 Å². The van der Waals surface area contributed by atoms with Crippen LogP contribution < -0.4 is 0 Å². The van der Waals surface area contributed by atoms with E-state index in [-0.39, 0.29) is 25.8 Å². The van der Waals surface area contributed by atoms with Crippen molar-refractivity contribution < 1.29 is 37.3 Å². The van der Waals surface area contributed by atoms with Crippen LogP contribution in [0.3, 0.4) is 0 Å². The molecule has 0 amide bonds. The van der Waals surface area contributed by atoms with Gasteiger partial charge < -0.3 is 18.9 Å². The van der Waals surface area contributed by atoms with Crippen molar-refractivity contribution in [1.29, 1.82) is 0 Å². The van der Waals surface area contributed by atoms with E-state index in [4.69, 9.17) is 18.5 Å². The van der Waals surface area contributed by atoms with E-state index in [1.807, 2.05) is 21.1 Å². The van der Waals surface area contributed by atoms with Gasteiger partial charge in [0.15, 0.2) is 0 Å². The fourth-order valence-electron chi connectivity index (χ4n) is 4.55.